The molecule has 0 aliphatic heterocycles. The summed E-state index contributed by atoms with van der Waals surface area (Å²) < 4.78 is 4.87. The topological polar surface area (TPSA) is 43.4 Å². The maximum Gasteiger partial charge on any atom is 0.241 e. The van der Waals surface area contributed by atoms with Crippen molar-refractivity contribution < 1.29 is 14.3 Å². The zero-order valence-electron chi connectivity index (χ0n) is 5.43. The van der Waals surface area contributed by atoms with Crippen LogP contribution >= 0.6 is 0 Å². The van der Waals surface area contributed by atoms with Crippen molar-refractivity contribution in [2.45, 2.75) is 19.4 Å². The number of carbonyl (C=O) groups excluding carboxylic acids is 2. The summed E-state index contributed by atoms with van der Waals surface area (Å²) in [6.07, 6.45) is 0. The van der Waals surface area contributed by atoms with E-state index < -0.39 is 17.2 Å². The predicted octanol–water partition coefficient (Wildman–Crippen LogP) is -0.0666. The molecule has 0 amide bonds. The minimum absolute atomic E-state index is 0.399. The third-order valence-corrected chi connectivity index (χ3v) is 1.44. The van der Waals surface area contributed by atoms with Crippen molar-refractivity contribution in [3.8, 4) is 0 Å². The summed E-state index contributed by atoms with van der Waals surface area (Å²) in [7, 11) is 0. The van der Waals surface area contributed by atoms with Gasteiger partial charge in [0.15, 0.2) is 5.60 Å². The van der Waals surface area contributed by atoms with Crippen LogP contribution in [0.1, 0.15) is 13.8 Å². The molecule has 0 unspecified atom stereocenters. The molecule has 1 saturated carbocycles. The van der Waals surface area contributed by atoms with Crippen molar-refractivity contribution in [1.82, 2.24) is 0 Å². The van der Waals surface area contributed by atoms with Crippen LogP contribution in [-0.4, -0.2) is 23.8 Å². The van der Waals surface area contributed by atoms with Gasteiger partial charge in [0.25, 0.3) is 0 Å². The molecule has 0 aromatic heterocycles. The number of hydrogen-bond acceptors (Lipinski definition) is 3. The molecule has 50 valence electrons. The second kappa shape index (κ2) is 1.64. The molecule has 0 radical (unpaired) electrons. The van der Waals surface area contributed by atoms with Gasteiger partial charge in [-0.25, -0.2) is 0 Å². The molecule has 0 saturated heterocycles. The van der Waals surface area contributed by atoms with Crippen LogP contribution in [0.15, 0.2) is 0 Å². The zero-order valence-corrected chi connectivity index (χ0v) is 5.43. The Hall–Kier alpha value is -0.700. The predicted molar refractivity (Wildman–Crippen MR) is 30.0 cm³/mol. The number of rotatable bonds is 2. The van der Waals surface area contributed by atoms with Gasteiger partial charge in [-0.15, -0.1) is 0 Å². The van der Waals surface area contributed by atoms with Crippen molar-refractivity contribution in [3.63, 3.8) is 0 Å². The maximum absolute atomic E-state index is 10.5. The SMILES string of the molecule is CCOC1(C)C(=O)C1=O. The third-order valence-electron chi connectivity index (χ3n) is 1.44. The van der Waals surface area contributed by atoms with E-state index in [2.05, 4.69) is 0 Å². The molecular weight excluding hydrogens is 120 g/mol. The molecule has 1 rings (SSSR count). The van der Waals surface area contributed by atoms with Gasteiger partial charge >= 0.3 is 0 Å². The van der Waals surface area contributed by atoms with E-state index in [-0.39, 0.29) is 0 Å². The smallest absolute Gasteiger partial charge is 0.241 e. The van der Waals surface area contributed by atoms with Gasteiger partial charge < -0.3 is 4.74 Å². The number of ketones is 2. The van der Waals surface area contributed by atoms with Gasteiger partial charge in [0, 0.05) is 6.61 Å². The number of Topliss-reactive ketones (excluding diaryl/α,β-unsaturated/α-hetero) is 2. The van der Waals surface area contributed by atoms with Gasteiger partial charge in [-0.1, -0.05) is 0 Å². The normalized spacial score (nSPS) is 22.4. The van der Waals surface area contributed by atoms with Gasteiger partial charge in [-0.05, 0) is 13.8 Å². The lowest BCUT2D eigenvalue weighted by molar-refractivity contribution is -0.122. The van der Waals surface area contributed by atoms with E-state index >= 15 is 0 Å². The Morgan fingerprint density at radius 1 is 1.44 bits per heavy atom. The molecular formula is C6H8O3. The highest BCUT2D eigenvalue weighted by atomic mass is 16.5. The molecule has 0 spiro atoms. The quantitative estimate of drug-likeness (QED) is 0.386. The van der Waals surface area contributed by atoms with Crippen LogP contribution in [0.5, 0.6) is 0 Å². The number of ether oxygens (including phenoxy) is 1. The van der Waals surface area contributed by atoms with E-state index in [4.69, 9.17) is 4.74 Å². The first-order chi connectivity index (χ1) is 4.13. The van der Waals surface area contributed by atoms with Crippen LogP contribution in [0, 0.1) is 0 Å². The Labute approximate surface area is 53.0 Å². The van der Waals surface area contributed by atoms with Crippen molar-refractivity contribution in [1.29, 1.82) is 0 Å². The lowest BCUT2D eigenvalue weighted by Gasteiger charge is -2.00. The fraction of sp³-hybridized carbons (Fsp3) is 0.667. The van der Waals surface area contributed by atoms with Crippen molar-refractivity contribution >= 4 is 11.6 Å². The molecule has 1 aliphatic rings. The monoisotopic (exact) mass is 128 g/mol. The Kier molecular flexibility index (Phi) is 1.17. The van der Waals surface area contributed by atoms with E-state index in [1.165, 1.54) is 6.92 Å². The Morgan fingerprint density at radius 3 is 2.00 bits per heavy atom. The van der Waals surface area contributed by atoms with E-state index in [1.807, 2.05) is 0 Å². The van der Waals surface area contributed by atoms with Gasteiger partial charge in [0.05, 0.1) is 0 Å². The average Bonchev–Trinajstić information content (AvgIpc) is 2.22. The van der Waals surface area contributed by atoms with E-state index in [9.17, 15) is 9.59 Å². The molecule has 0 heterocycles. The van der Waals surface area contributed by atoms with E-state index in [0.717, 1.165) is 0 Å². The third kappa shape index (κ3) is 0.685. The minimum atomic E-state index is -1.06. The fourth-order valence-corrected chi connectivity index (χ4v) is 0.723. The largest absolute Gasteiger partial charge is 0.359 e. The molecule has 0 aromatic carbocycles. The molecule has 1 fully saturated rings. The van der Waals surface area contributed by atoms with Crippen LogP contribution in [0.25, 0.3) is 0 Å². The molecule has 9 heavy (non-hydrogen) atoms. The lowest BCUT2D eigenvalue weighted by atomic mass is 10.4. The highest BCUT2D eigenvalue weighted by Gasteiger charge is 2.63. The molecule has 3 heteroatoms. The van der Waals surface area contributed by atoms with Crippen molar-refractivity contribution in [3.05, 3.63) is 0 Å². The molecule has 3 nitrogen and oxygen atoms in total. The highest BCUT2D eigenvalue weighted by Crippen LogP contribution is 2.28. The second-order valence-electron chi connectivity index (χ2n) is 2.12. The van der Waals surface area contributed by atoms with Crippen LogP contribution in [-0.2, 0) is 14.3 Å². The first-order valence-corrected chi connectivity index (χ1v) is 2.86. The lowest BCUT2D eigenvalue weighted by Crippen LogP contribution is -2.13. The summed E-state index contributed by atoms with van der Waals surface area (Å²) in [6, 6.07) is 0. The van der Waals surface area contributed by atoms with E-state index in [0.29, 0.717) is 6.61 Å². The van der Waals surface area contributed by atoms with Crippen molar-refractivity contribution in [2.24, 2.45) is 0 Å². The van der Waals surface area contributed by atoms with Crippen LogP contribution in [0.2, 0.25) is 0 Å². The summed E-state index contributed by atoms with van der Waals surface area (Å²) >= 11 is 0. The number of carbonyl (C=O) groups is 2. The Morgan fingerprint density at radius 2 is 1.89 bits per heavy atom. The van der Waals surface area contributed by atoms with Crippen molar-refractivity contribution in [2.75, 3.05) is 6.61 Å². The molecule has 0 N–H and O–H groups in total. The summed E-state index contributed by atoms with van der Waals surface area (Å²) in [5.74, 6) is -0.797. The van der Waals surface area contributed by atoms with Crippen LogP contribution < -0.4 is 0 Å². The van der Waals surface area contributed by atoms with Crippen LogP contribution in [0.4, 0.5) is 0 Å². The molecule has 0 atom stereocenters. The zero-order chi connectivity index (χ0) is 7.07. The minimum Gasteiger partial charge on any atom is -0.359 e. The first kappa shape index (κ1) is 6.42. The van der Waals surface area contributed by atoms with Gasteiger partial charge in [0.1, 0.15) is 0 Å². The fourth-order valence-electron chi connectivity index (χ4n) is 0.723. The van der Waals surface area contributed by atoms with Gasteiger partial charge in [-0.2, -0.15) is 0 Å². The highest BCUT2D eigenvalue weighted by molar-refractivity contribution is 6.66. The summed E-state index contributed by atoms with van der Waals surface area (Å²) in [4.78, 5) is 20.9. The average molecular weight is 128 g/mol. The van der Waals surface area contributed by atoms with Gasteiger partial charge in [-0.3, -0.25) is 9.59 Å². The Balaban J connectivity index is 2.60. The molecule has 0 aromatic rings. The maximum atomic E-state index is 10.5. The van der Waals surface area contributed by atoms with Crippen LogP contribution in [0.3, 0.4) is 0 Å². The van der Waals surface area contributed by atoms with Gasteiger partial charge in [0.2, 0.25) is 11.6 Å². The standard InChI is InChI=1S/C6H8O3/c1-3-9-6(2)4(7)5(6)8/h3H2,1-2H3. The molecule has 1 aliphatic carbocycles. The summed E-state index contributed by atoms with van der Waals surface area (Å²) in [5, 5.41) is 0. The first-order valence-electron chi connectivity index (χ1n) is 2.86. The Bertz CT molecular complexity index is 157. The summed E-state index contributed by atoms with van der Waals surface area (Å²) in [5.41, 5.74) is -1.06. The molecule has 0 bridgehead atoms. The van der Waals surface area contributed by atoms with E-state index in [1.54, 1.807) is 6.92 Å². The summed E-state index contributed by atoms with van der Waals surface area (Å²) in [6.45, 7) is 3.67. The number of hydrogen-bond donors (Lipinski definition) is 0. The second-order valence-corrected chi connectivity index (χ2v) is 2.12.